The molecule has 0 saturated carbocycles. The quantitative estimate of drug-likeness (QED) is 0.946. The summed E-state index contributed by atoms with van der Waals surface area (Å²) in [6.07, 6.45) is 2.52. The zero-order valence-corrected chi connectivity index (χ0v) is 12.1. The Hall–Kier alpha value is -2.70. The van der Waals surface area contributed by atoms with E-state index in [9.17, 15) is 18.4 Å². The van der Waals surface area contributed by atoms with E-state index in [0.717, 1.165) is 12.1 Å². The fraction of sp³-hybridized carbons (Fsp3) is 0.250. The Bertz CT molecular complexity index is 731. The van der Waals surface area contributed by atoms with Crippen molar-refractivity contribution in [3.05, 3.63) is 54.0 Å². The zero-order chi connectivity index (χ0) is 16.4. The van der Waals surface area contributed by atoms with Crippen molar-refractivity contribution in [2.75, 3.05) is 11.9 Å². The first kappa shape index (κ1) is 15.2. The van der Waals surface area contributed by atoms with Crippen LogP contribution in [0.15, 0.2) is 41.0 Å². The van der Waals surface area contributed by atoms with Crippen LogP contribution in [-0.2, 0) is 4.79 Å². The number of furan rings is 1. The molecule has 7 heteroatoms. The molecule has 1 saturated heterocycles. The maximum atomic E-state index is 13.6. The average molecular weight is 320 g/mol. The van der Waals surface area contributed by atoms with Crippen molar-refractivity contribution in [3.63, 3.8) is 0 Å². The summed E-state index contributed by atoms with van der Waals surface area (Å²) < 4.78 is 31.6. The fourth-order valence-electron chi connectivity index (χ4n) is 2.63. The van der Waals surface area contributed by atoms with Crippen LogP contribution in [0.2, 0.25) is 0 Å². The number of likely N-dealkylation sites (tertiary alicyclic amines) is 1. The third-order valence-corrected chi connectivity index (χ3v) is 3.74. The molecule has 2 amide bonds. The highest BCUT2D eigenvalue weighted by Gasteiger charge is 2.35. The van der Waals surface area contributed by atoms with E-state index in [2.05, 4.69) is 5.32 Å². The minimum Gasteiger partial charge on any atom is -0.459 e. The Balaban J connectivity index is 1.74. The second-order valence-corrected chi connectivity index (χ2v) is 5.25. The second kappa shape index (κ2) is 6.20. The normalized spacial score (nSPS) is 17.3. The molecule has 0 unspecified atom stereocenters. The van der Waals surface area contributed by atoms with E-state index in [1.165, 1.54) is 17.2 Å². The summed E-state index contributed by atoms with van der Waals surface area (Å²) in [6, 6.07) is 5.30. The summed E-state index contributed by atoms with van der Waals surface area (Å²) >= 11 is 0. The fourth-order valence-corrected chi connectivity index (χ4v) is 2.63. The maximum absolute atomic E-state index is 13.6. The van der Waals surface area contributed by atoms with Gasteiger partial charge in [-0.1, -0.05) is 0 Å². The molecule has 0 bridgehead atoms. The molecule has 1 aliphatic rings. The molecule has 0 aliphatic carbocycles. The van der Waals surface area contributed by atoms with Crippen molar-refractivity contribution in [1.29, 1.82) is 0 Å². The van der Waals surface area contributed by atoms with Gasteiger partial charge in [0.25, 0.3) is 5.91 Å². The van der Waals surface area contributed by atoms with Gasteiger partial charge in [-0.05, 0) is 37.1 Å². The highest BCUT2D eigenvalue weighted by molar-refractivity contribution is 6.00. The molecule has 1 aromatic heterocycles. The van der Waals surface area contributed by atoms with Crippen molar-refractivity contribution in [2.24, 2.45) is 0 Å². The molecule has 1 aromatic carbocycles. The highest BCUT2D eigenvalue weighted by atomic mass is 19.1. The molecule has 0 radical (unpaired) electrons. The van der Waals surface area contributed by atoms with Crippen molar-refractivity contribution in [3.8, 4) is 0 Å². The molecular formula is C16H14F2N2O3. The average Bonchev–Trinajstić information content (AvgIpc) is 3.20. The predicted molar refractivity (Wildman–Crippen MR) is 77.8 cm³/mol. The Morgan fingerprint density at radius 3 is 2.78 bits per heavy atom. The first-order valence-corrected chi connectivity index (χ1v) is 7.16. The molecule has 1 aliphatic heterocycles. The van der Waals surface area contributed by atoms with Gasteiger partial charge in [-0.3, -0.25) is 9.59 Å². The van der Waals surface area contributed by atoms with Crippen LogP contribution in [0.5, 0.6) is 0 Å². The molecule has 120 valence electrons. The molecular weight excluding hydrogens is 306 g/mol. The molecule has 1 fully saturated rings. The van der Waals surface area contributed by atoms with Crippen molar-refractivity contribution in [2.45, 2.75) is 18.9 Å². The summed E-state index contributed by atoms with van der Waals surface area (Å²) in [7, 11) is 0. The second-order valence-electron chi connectivity index (χ2n) is 5.25. The van der Waals surface area contributed by atoms with Crippen LogP contribution >= 0.6 is 0 Å². The Morgan fingerprint density at radius 1 is 1.26 bits per heavy atom. The van der Waals surface area contributed by atoms with Crippen LogP contribution in [0.3, 0.4) is 0 Å². The number of carbonyl (C=O) groups excluding carboxylic acids is 2. The Labute approximate surface area is 130 Å². The molecule has 23 heavy (non-hydrogen) atoms. The molecule has 3 rings (SSSR count). The van der Waals surface area contributed by atoms with Crippen LogP contribution in [0.1, 0.15) is 23.4 Å². The van der Waals surface area contributed by atoms with E-state index >= 15 is 0 Å². The largest absolute Gasteiger partial charge is 0.459 e. The van der Waals surface area contributed by atoms with Gasteiger partial charge in [-0.15, -0.1) is 0 Å². The van der Waals surface area contributed by atoms with Crippen LogP contribution in [0.4, 0.5) is 14.5 Å². The minimum atomic E-state index is -0.861. The number of halogens is 2. The van der Waals surface area contributed by atoms with Crippen molar-refractivity contribution >= 4 is 17.5 Å². The lowest BCUT2D eigenvalue weighted by molar-refractivity contribution is -0.119. The Kier molecular flexibility index (Phi) is 4.10. The summed E-state index contributed by atoms with van der Waals surface area (Å²) in [4.78, 5) is 26.1. The summed E-state index contributed by atoms with van der Waals surface area (Å²) in [5.41, 5.74) is -0.117. The van der Waals surface area contributed by atoms with Gasteiger partial charge in [0.2, 0.25) is 5.91 Å². The topological polar surface area (TPSA) is 62.6 Å². The monoisotopic (exact) mass is 320 g/mol. The number of amides is 2. The van der Waals surface area contributed by atoms with Crippen LogP contribution in [0.25, 0.3) is 0 Å². The maximum Gasteiger partial charge on any atom is 0.290 e. The van der Waals surface area contributed by atoms with Gasteiger partial charge >= 0.3 is 0 Å². The van der Waals surface area contributed by atoms with Gasteiger partial charge in [0.1, 0.15) is 17.7 Å². The predicted octanol–water partition coefficient (Wildman–Crippen LogP) is 2.80. The lowest BCUT2D eigenvalue weighted by atomic mass is 10.2. The van der Waals surface area contributed by atoms with Gasteiger partial charge < -0.3 is 14.6 Å². The van der Waals surface area contributed by atoms with Gasteiger partial charge in [0.05, 0.1) is 12.0 Å². The Morgan fingerprint density at radius 2 is 2.09 bits per heavy atom. The zero-order valence-electron chi connectivity index (χ0n) is 12.1. The molecule has 2 aromatic rings. The lowest BCUT2D eigenvalue weighted by Crippen LogP contribution is -2.43. The standard InChI is InChI=1S/C16H14F2N2O3/c17-10-5-6-12(11(18)9-10)19-15(21)13-3-1-7-20(13)16(22)14-4-2-8-23-14/h2,4-6,8-9,13H,1,3,7H2,(H,19,21)/t13-/m1/s1. The first-order valence-electron chi connectivity index (χ1n) is 7.16. The van der Waals surface area contributed by atoms with Crippen molar-refractivity contribution < 1.29 is 22.8 Å². The van der Waals surface area contributed by atoms with Crippen molar-refractivity contribution in [1.82, 2.24) is 4.90 Å². The minimum absolute atomic E-state index is 0.117. The molecule has 5 nitrogen and oxygen atoms in total. The number of nitrogens with one attached hydrogen (secondary N) is 1. The summed E-state index contributed by atoms with van der Waals surface area (Å²) in [6.45, 7) is 0.420. The van der Waals surface area contributed by atoms with Gasteiger partial charge in [0, 0.05) is 12.6 Å². The number of benzene rings is 1. The third-order valence-electron chi connectivity index (χ3n) is 3.74. The lowest BCUT2D eigenvalue weighted by Gasteiger charge is -2.23. The van der Waals surface area contributed by atoms with E-state index in [1.54, 1.807) is 6.07 Å². The van der Waals surface area contributed by atoms with E-state index in [0.29, 0.717) is 25.5 Å². The smallest absolute Gasteiger partial charge is 0.290 e. The van der Waals surface area contributed by atoms with Crippen LogP contribution in [-0.4, -0.2) is 29.3 Å². The molecule has 1 N–H and O–H groups in total. The third kappa shape index (κ3) is 3.08. The van der Waals surface area contributed by atoms with Crippen LogP contribution < -0.4 is 5.32 Å². The van der Waals surface area contributed by atoms with Crippen LogP contribution in [0, 0.1) is 11.6 Å². The van der Waals surface area contributed by atoms with E-state index in [1.807, 2.05) is 0 Å². The van der Waals surface area contributed by atoms with E-state index < -0.39 is 23.6 Å². The number of hydrogen-bond acceptors (Lipinski definition) is 3. The number of carbonyl (C=O) groups is 2. The summed E-state index contributed by atoms with van der Waals surface area (Å²) in [5.74, 6) is -2.32. The number of anilines is 1. The van der Waals surface area contributed by atoms with Gasteiger partial charge in [-0.2, -0.15) is 0 Å². The molecule has 2 heterocycles. The first-order chi connectivity index (χ1) is 11.1. The highest BCUT2D eigenvalue weighted by Crippen LogP contribution is 2.23. The number of rotatable bonds is 3. The number of nitrogens with zero attached hydrogens (tertiary/aromatic N) is 1. The number of hydrogen-bond donors (Lipinski definition) is 1. The van der Waals surface area contributed by atoms with E-state index in [-0.39, 0.29) is 17.4 Å². The van der Waals surface area contributed by atoms with E-state index in [4.69, 9.17) is 4.42 Å². The van der Waals surface area contributed by atoms with Gasteiger partial charge in [-0.25, -0.2) is 8.78 Å². The summed E-state index contributed by atoms with van der Waals surface area (Å²) in [5, 5.41) is 2.40. The molecule has 0 spiro atoms. The molecule has 1 atom stereocenters. The van der Waals surface area contributed by atoms with Gasteiger partial charge in [0.15, 0.2) is 5.76 Å². The SMILES string of the molecule is O=C(Nc1ccc(F)cc1F)[C@H]1CCCN1C(=O)c1ccco1.